The Morgan fingerprint density at radius 1 is 1.03 bits per heavy atom. The maximum Gasteiger partial charge on any atom is 0.421 e. The van der Waals surface area contributed by atoms with Gasteiger partial charge in [0.2, 0.25) is 0 Å². The van der Waals surface area contributed by atoms with Crippen LogP contribution in [-0.2, 0) is 28.2 Å². The number of ether oxygens (including phenoxy) is 1. The molecule has 1 aliphatic rings. The molecule has 0 radical (unpaired) electrons. The SMILES string of the molecule is CCOC(=O)C1CN(Cc2ccncc2)CCN1Cc1ccc(-c2ccc(C(C)(O)C(F)(F)F)cc2)c(C)c1. The first-order chi connectivity index (χ1) is 18.5. The summed E-state index contributed by atoms with van der Waals surface area (Å²) in [6.45, 7) is 8.21. The van der Waals surface area contributed by atoms with Gasteiger partial charge in [0.15, 0.2) is 5.60 Å². The quantitative estimate of drug-likeness (QED) is 0.402. The van der Waals surface area contributed by atoms with Crippen molar-refractivity contribution in [3.63, 3.8) is 0 Å². The van der Waals surface area contributed by atoms with E-state index in [2.05, 4.69) is 14.8 Å². The van der Waals surface area contributed by atoms with E-state index in [1.54, 1.807) is 31.5 Å². The van der Waals surface area contributed by atoms with Crippen molar-refractivity contribution in [1.82, 2.24) is 14.8 Å². The Hall–Kier alpha value is -3.27. The first-order valence-electron chi connectivity index (χ1n) is 13.0. The average molecular weight is 542 g/mol. The highest BCUT2D eigenvalue weighted by Crippen LogP contribution is 2.39. The Labute approximate surface area is 227 Å². The number of aryl methyl sites for hydroxylation is 1. The summed E-state index contributed by atoms with van der Waals surface area (Å²) < 4.78 is 45.0. The normalized spacial score (nSPS) is 18.5. The van der Waals surface area contributed by atoms with Crippen LogP contribution in [0.25, 0.3) is 11.1 Å². The molecule has 2 aromatic carbocycles. The van der Waals surface area contributed by atoms with Gasteiger partial charge in [0.25, 0.3) is 0 Å². The molecular weight excluding hydrogens is 507 g/mol. The summed E-state index contributed by atoms with van der Waals surface area (Å²) in [5.74, 6) is -0.236. The summed E-state index contributed by atoms with van der Waals surface area (Å²) in [6, 6.07) is 15.3. The molecule has 1 aromatic heterocycles. The summed E-state index contributed by atoms with van der Waals surface area (Å²) in [7, 11) is 0. The molecule has 0 aliphatic carbocycles. The van der Waals surface area contributed by atoms with Crippen LogP contribution < -0.4 is 0 Å². The van der Waals surface area contributed by atoms with E-state index in [0.29, 0.717) is 26.2 Å². The summed E-state index contributed by atoms with van der Waals surface area (Å²) in [6.07, 6.45) is -1.24. The molecule has 6 nitrogen and oxygen atoms in total. The Kier molecular flexibility index (Phi) is 8.73. The zero-order chi connectivity index (χ0) is 28.2. The van der Waals surface area contributed by atoms with Gasteiger partial charge >= 0.3 is 12.1 Å². The molecule has 4 rings (SSSR count). The number of alkyl halides is 3. The summed E-state index contributed by atoms with van der Waals surface area (Å²) >= 11 is 0. The minimum absolute atomic E-state index is 0.207. The summed E-state index contributed by atoms with van der Waals surface area (Å²) in [5.41, 5.74) is 1.67. The number of nitrogens with zero attached hydrogens (tertiary/aromatic N) is 3. The molecule has 0 bridgehead atoms. The number of hydrogen-bond acceptors (Lipinski definition) is 6. The first kappa shape index (κ1) is 28.7. The Balaban J connectivity index is 1.48. The fraction of sp³-hybridized carbons (Fsp3) is 0.400. The second kappa shape index (κ2) is 11.9. The minimum Gasteiger partial charge on any atom is -0.465 e. The number of pyridine rings is 1. The van der Waals surface area contributed by atoms with Gasteiger partial charge in [-0.05, 0) is 66.3 Å². The lowest BCUT2D eigenvalue weighted by Crippen LogP contribution is -2.56. The molecule has 1 aliphatic heterocycles. The number of halogens is 3. The number of rotatable bonds is 8. The predicted octanol–water partition coefficient (Wildman–Crippen LogP) is 5.08. The van der Waals surface area contributed by atoms with E-state index < -0.39 is 17.8 Å². The highest BCUT2D eigenvalue weighted by Gasteiger charge is 2.51. The number of carbonyl (C=O) groups is 1. The molecule has 0 saturated carbocycles. The molecule has 9 heteroatoms. The standard InChI is InChI=1S/C30H34F3N3O3/c1-4-39-28(37)27-20-35(18-22-11-13-34-14-12-22)15-16-36(27)19-23-5-10-26(21(2)17-23)24-6-8-25(9-7-24)29(3,38)30(31,32)33/h5-14,17,27,38H,4,15-16,18-20H2,1-3H3. The third-order valence-corrected chi connectivity index (χ3v) is 7.28. The molecule has 208 valence electrons. The number of aliphatic hydroxyl groups is 1. The first-order valence-corrected chi connectivity index (χ1v) is 13.0. The van der Waals surface area contributed by atoms with Crippen LogP contribution in [0.15, 0.2) is 67.0 Å². The van der Waals surface area contributed by atoms with Crippen molar-refractivity contribution < 1.29 is 27.8 Å². The molecule has 3 aromatic rings. The Morgan fingerprint density at radius 2 is 1.72 bits per heavy atom. The van der Waals surface area contributed by atoms with Crippen molar-refractivity contribution in [1.29, 1.82) is 0 Å². The Morgan fingerprint density at radius 3 is 2.33 bits per heavy atom. The highest BCUT2D eigenvalue weighted by molar-refractivity contribution is 5.76. The molecule has 0 spiro atoms. The van der Waals surface area contributed by atoms with Gasteiger partial charge in [0.05, 0.1) is 6.61 Å². The zero-order valence-electron chi connectivity index (χ0n) is 22.4. The van der Waals surface area contributed by atoms with Crippen LogP contribution in [0.3, 0.4) is 0 Å². The largest absolute Gasteiger partial charge is 0.465 e. The van der Waals surface area contributed by atoms with Crippen LogP contribution in [0, 0.1) is 6.92 Å². The maximum atomic E-state index is 13.2. The average Bonchev–Trinajstić information content (AvgIpc) is 2.90. The van der Waals surface area contributed by atoms with E-state index in [0.717, 1.165) is 47.8 Å². The third kappa shape index (κ3) is 6.66. The molecule has 2 atom stereocenters. The maximum absolute atomic E-state index is 13.2. The second-order valence-electron chi connectivity index (χ2n) is 10.1. The summed E-state index contributed by atoms with van der Waals surface area (Å²) in [5, 5.41) is 9.95. The van der Waals surface area contributed by atoms with Crippen molar-refractivity contribution in [3.05, 3.63) is 89.2 Å². The van der Waals surface area contributed by atoms with Gasteiger partial charge < -0.3 is 9.84 Å². The van der Waals surface area contributed by atoms with Gasteiger partial charge in [-0.1, -0.05) is 42.5 Å². The minimum atomic E-state index is -4.77. The molecule has 1 N–H and O–H groups in total. The molecule has 1 fully saturated rings. The lowest BCUT2D eigenvalue weighted by Gasteiger charge is -2.40. The number of esters is 1. The van der Waals surface area contributed by atoms with Crippen LogP contribution >= 0.6 is 0 Å². The number of benzene rings is 2. The number of carbonyl (C=O) groups excluding carboxylic acids is 1. The van der Waals surface area contributed by atoms with Crippen molar-refractivity contribution in [2.75, 3.05) is 26.2 Å². The van der Waals surface area contributed by atoms with Crippen LogP contribution in [0.1, 0.15) is 36.1 Å². The monoisotopic (exact) mass is 541 g/mol. The van der Waals surface area contributed by atoms with Crippen molar-refractivity contribution in [3.8, 4) is 11.1 Å². The van der Waals surface area contributed by atoms with E-state index in [-0.39, 0.29) is 11.5 Å². The van der Waals surface area contributed by atoms with Crippen LogP contribution in [-0.4, -0.2) is 64.3 Å². The fourth-order valence-electron chi connectivity index (χ4n) is 4.94. The molecule has 2 heterocycles. The lowest BCUT2D eigenvalue weighted by atomic mass is 9.92. The van der Waals surface area contributed by atoms with Crippen molar-refractivity contribution in [2.45, 2.75) is 51.7 Å². The summed E-state index contributed by atoms with van der Waals surface area (Å²) in [4.78, 5) is 21.3. The molecular formula is C30H34F3N3O3. The van der Waals surface area contributed by atoms with Gasteiger partial charge in [0, 0.05) is 45.1 Å². The van der Waals surface area contributed by atoms with E-state index in [1.165, 1.54) is 12.1 Å². The van der Waals surface area contributed by atoms with Gasteiger partial charge in [-0.15, -0.1) is 0 Å². The van der Waals surface area contributed by atoms with Crippen molar-refractivity contribution >= 4 is 5.97 Å². The highest BCUT2D eigenvalue weighted by atomic mass is 19.4. The zero-order valence-corrected chi connectivity index (χ0v) is 22.4. The number of piperazine rings is 1. The van der Waals surface area contributed by atoms with Crippen LogP contribution in [0.5, 0.6) is 0 Å². The van der Waals surface area contributed by atoms with Crippen molar-refractivity contribution in [2.24, 2.45) is 0 Å². The number of aromatic nitrogens is 1. The second-order valence-corrected chi connectivity index (χ2v) is 10.1. The molecule has 2 unspecified atom stereocenters. The van der Waals surface area contributed by atoms with E-state index in [9.17, 15) is 23.1 Å². The molecule has 0 amide bonds. The van der Waals surface area contributed by atoms with Crippen LogP contribution in [0.4, 0.5) is 13.2 Å². The Bertz CT molecular complexity index is 1260. The van der Waals surface area contributed by atoms with Gasteiger partial charge in [-0.2, -0.15) is 13.2 Å². The van der Waals surface area contributed by atoms with E-state index in [4.69, 9.17) is 4.74 Å². The number of hydrogen-bond donors (Lipinski definition) is 1. The third-order valence-electron chi connectivity index (χ3n) is 7.28. The lowest BCUT2D eigenvalue weighted by molar-refractivity contribution is -0.258. The van der Waals surface area contributed by atoms with Gasteiger partial charge in [-0.3, -0.25) is 19.6 Å². The smallest absolute Gasteiger partial charge is 0.421 e. The van der Waals surface area contributed by atoms with Gasteiger partial charge in [-0.25, -0.2) is 0 Å². The van der Waals surface area contributed by atoms with E-state index >= 15 is 0 Å². The molecule has 39 heavy (non-hydrogen) atoms. The topological polar surface area (TPSA) is 65.9 Å². The molecule has 1 saturated heterocycles. The predicted molar refractivity (Wildman–Crippen MR) is 143 cm³/mol. The van der Waals surface area contributed by atoms with Crippen LogP contribution in [0.2, 0.25) is 0 Å². The van der Waals surface area contributed by atoms with Gasteiger partial charge in [0.1, 0.15) is 6.04 Å². The van der Waals surface area contributed by atoms with E-state index in [1.807, 2.05) is 37.3 Å². The fourth-order valence-corrected chi connectivity index (χ4v) is 4.94.